The van der Waals surface area contributed by atoms with E-state index < -0.39 is 5.41 Å². The van der Waals surface area contributed by atoms with Crippen LogP contribution in [0.3, 0.4) is 0 Å². The first kappa shape index (κ1) is 25.3. The van der Waals surface area contributed by atoms with Gasteiger partial charge in [0.25, 0.3) is 5.52 Å². The van der Waals surface area contributed by atoms with E-state index in [1.165, 1.54) is 13.3 Å². The zero-order chi connectivity index (χ0) is 26.9. The van der Waals surface area contributed by atoms with Gasteiger partial charge in [0.2, 0.25) is 6.20 Å². The van der Waals surface area contributed by atoms with E-state index in [-0.39, 0.29) is 24.4 Å². The summed E-state index contributed by atoms with van der Waals surface area (Å²) in [4.78, 5) is 26.2. The lowest BCUT2D eigenvalue weighted by Gasteiger charge is -2.14. The first-order valence-electron chi connectivity index (χ1n) is 12.5. The van der Waals surface area contributed by atoms with Crippen molar-refractivity contribution in [3.8, 4) is 23.0 Å². The normalized spacial score (nSPS) is 13.7. The van der Waals surface area contributed by atoms with Crippen molar-refractivity contribution < 1.29 is 33.7 Å². The summed E-state index contributed by atoms with van der Waals surface area (Å²) in [6.07, 6.45) is 3.22. The van der Waals surface area contributed by atoms with E-state index >= 15 is 0 Å². The summed E-state index contributed by atoms with van der Waals surface area (Å²) < 4.78 is 17.8. The van der Waals surface area contributed by atoms with E-state index in [0.29, 0.717) is 46.7 Å². The molecule has 0 aliphatic heterocycles. The molecule has 7 nitrogen and oxygen atoms in total. The molecule has 1 aliphatic carbocycles. The monoisotopic (exact) mass is 512 g/mol. The molecule has 4 aromatic rings. The fourth-order valence-corrected chi connectivity index (χ4v) is 4.71. The van der Waals surface area contributed by atoms with E-state index in [4.69, 9.17) is 14.2 Å². The third kappa shape index (κ3) is 4.92. The lowest BCUT2D eigenvalue weighted by atomic mass is 9.88. The number of pyridine rings is 1. The molecule has 0 radical (unpaired) electrons. The van der Waals surface area contributed by atoms with Gasteiger partial charge >= 0.3 is 0 Å². The number of methoxy groups -OCH3 is 2. The van der Waals surface area contributed by atoms with Crippen LogP contribution in [-0.4, -0.2) is 31.0 Å². The van der Waals surface area contributed by atoms with Crippen LogP contribution in [0.4, 0.5) is 0 Å². The Bertz CT molecular complexity index is 1500. The van der Waals surface area contributed by atoms with Crippen LogP contribution in [0, 0.1) is 12.3 Å². The van der Waals surface area contributed by atoms with Crippen molar-refractivity contribution >= 4 is 22.5 Å². The van der Waals surface area contributed by atoms with Gasteiger partial charge in [-0.05, 0) is 43.0 Å². The van der Waals surface area contributed by atoms with Crippen LogP contribution in [0.1, 0.15) is 29.5 Å². The highest BCUT2D eigenvalue weighted by molar-refractivity contribution is 6.10. The molecule has 5 rings (SSSR count). The number of fused-ring (bicyclic) bond motifs is 1. The van der Waals surface area contributed by atoms with Gasteiger partial charge in [0, 0.05) is 23.6 Å². The van der Waals surface area contributed by atoms with E-state index in [9.17, 15) is 14.8 Å². The summed E-state index contributed by atoms with van der Waals surface area (Å²) in [5, 5.41) is 10.9. The minimum Gasteiger partial charge on any atom is -0.493 e. The zero-order valence-corrected chi connectivity index (χ0v) is 21.7. The number of hydrogen-bond donors (Lipinski definition) is 1. The van der Waals surface area contributed by atoms with Crippen LogP contribution >= 0.6 is 0 Å². The molecule has 0 unspecified atom stereocenters. The van der Waals surface area contributed by atoms with Gasteiger partial charge in [0.15, 0.2) is 23.1 Å². The molecular formula is C31H30NO6+. The number of Topliss-reactive ketones (excluding diaryl/α,β-unsaturated/α-hetero) is 2. The van der Waals surface area contributed by atoms with Gasteiger partial charge in [0.1, 0.15) is 11.5 Å². The number of benzene rings is 3. The molecule has 1 fully saturated rings. The van der Waals surface area contributed by atoms with Gasteiger partial charge in [0.05, 0.1) is 37.2 Å². The molecule has 0 atom stereocenters. The predicted octanol–water partition coefficient (Wildman–Crippen LogP) is 5.19. The average molecular weight is 513 g/mol. The quantitative estimate of drug-likeness (QED) is 0.179. The average Bonchev–Trinajstić information content (AvgIpc) is 3.74. The standard InChI is InChI=1S/C31H30NO6/c1-20-4-6-21(7-5-20)16-29(33)31(13-14-31)30(34)17-22-8-10-23(11-9-22)38-26-12-15-32(35)25-19-28(37-3)27(36-2)18-24(25)26/h4-12,15,18-19,35H,13-14,16-17H2,1-3H3/q+1. The molecular weight excluding hydrogens is 482 g/mol. The number of carbonyl (C=O) groups is 2. The molecule has 38 heavy (non-hydrogen) atoms. The number of hydrogen-bond acceptors (Lipinski definition) is 6. The lowest BCUT2D eigenvalue weighted by Crippen LogP contribution is -2.30. The van der Waals surface area contributed by atoms with E-state index in [2.05, 4.69) is 0 Å². The molecule has 3 aromatic carbocycles. The molecule has 1 N–H and O–H groups in total. The molecule has 0 bridgehead atoms. The summed E-state index contributed by atoms with van der Waals surface area (Å²) in [5.41, 5.74) is 2.56. The van der Waals surface area contributed by atoms with Crippen molar-refractivity contribution in [3.05, 3.63) is 89.6 Å². The van der Waals surface area contributed by atoms with Crippen molar-refractivity contribution in [1.82, 2.24) is 0 Å². The zero-order valence-electron chi connectivity index (χ0n) is 21.7. The van der Waals surface area contributed by atoms with E-state index in [1.54, 1.807) is 37.4 Å². The van der Waals surface area contributed by atoms with Gasteiger partial charge in [-0.3, -0.25) is 14.8 Å². The molecule has 0 amide bonds. The van der Waals surface area contributed by atoms with Crippen LogP contribution in [-0.2, 0) is 22.4 Å². The third-order valence-corrected chi connectivity index (χ3v) is 7.20. The minimum atomic E-state index is -0.844. The first-order chi connectivity index (χ1) is 18.3. The lowest BCUT2D eigenvalue weighted by molar-refractivity contribution is -0.884. The van der Waals surface area contributed by atoms with E-state index in [1.807, 2.05) is 43.3 Å². The maximum absolute atomic E-state index is 13.1. The second kappa shape index (κ2) is 10.2. The largest absolute Gasteiger partial charge is 0.493 e. The van der Waals surface area contributed by atoms with Crippen molar-refractivity contribution in [3.63, 3.8) is 0 Å². The Labute approximate surface area is 221 Å². The Kier molecular flexibility index (Phi) is 6.76. The molecule has 1 heterocycles. The van der Waals surface area contributed by atoms with Gasteiger partial charge in [-0.2, -0.15) is 0 Å². The third-order valence-electron chi connectivity index (χ3n) is 7.20. The number of ketones is 2. The summed E-state index contributed by atoms with van der Waals surface area (Å²) in [7, 11) is 3.07. The molecule has 194 valence electrons. The highest BCUT2D eigenvalue weighted by Gasteiger charge is 2.54. The molecule has 0 saturated heterocycles. The number of rotatable bonds is 10. The molecule has 1 aliphatic rings. The summed E-state index contributed by atoms with van der Waals surface area (Å²) in [6.45, 7) is 2.01. The number of carbonyl (C=O) groups excluding carboxylic acids is 2. The number of ether oxygens (including phenoxy) is 3. The topological polar surface area (TPSA) is 85.9 Å². The van der Waals surface area contributed by atoms with Gasteiger partial charge in [-0.1, -0.05) is 42.0 Å². The minimum absolute atomic E-state index is 0.00967. The second-order valence-corrected chi connectivity index (χ2v) is 9.76. The molecule has 7 heteroatoms. The maximum Gasteiger partial charge on any atom is 0.272 e. The fourth-order valence-electron chi connectivity index (χ4n) is 4.71. The Hall–Kier alpha value is -4.39. The number of aromatic nitrogens is 1. The van der Waals surface area contributed by atoms with Gasteiger partial charge in [-0.25, -0.2) is 0 Å². The van der Waals surface area contributed by atoms with Crippen molar-refractivity contribution in [2.45, 2.75) is 32.6 Å². The van der Waals surface area contributed by atoms with Crippen LogP contribution in [0.5, 0.6) is 23.0 Å². The van der Waals surface area contributed by atoms with Crippen molar-refractivity contribution in [1.29, 1.82) is 0 Å². The SMILES string of the molecule is COc1cc2c(Oc3ccc(CC(=O)C4(C(=O)Cc5ccc(C)cc5)CC4)cc3)cc[n+](O)c2cc1OC. The Morgan fingerprint density at radius 1 is 0.816 bits per heavy atom. The maximum atomic E-state index is 13.1. The van der Waals surface area contributed by atoms with Gasteiger partial charge in [-0.15, -0.1) is 0 Å². The fraction of sp³-hybridized carbons (Fsp3) is 0.258. The van der Waals surface area contributed by atoms with Crippen LogP contribution < -0.4 is 18.9 Å². The summed E-state index contributed by atoms with van der Waals surface area (Å²) in [6, 6.07) is 20.2. The molecule has 1 aromatic heterocycles. The summed E-state index contributed by atoms with van der Waals surface area (Å²) >= 11 is 0. The Morgan fingerprint density at radius 2 is 1.37 bits per heavy atom. The van der Waals surface area contributed by atoms with Crippen molar-refractivity contribution in [2.75, 3.05) is 14.2 Å². The van der Waals surface area contributed by atoms with Crippen LogP contribution in [0.25, 0.3) is 10.9 Å². The molecule has 0 spiro atoms. The Balaban J connectivity index is 1.29. The molecule has 1 saturated carbocycles. The number of aryl methyl sites for hydroxylation is 1. The highest BCUT2D eigenvalue weighted by atomic mass is 16.5. The number of nitrogens with zero attached hydrogens (tertiary/aromatic N) is 1. The van der Waals surface area contributed by atoms with Crippen molar-refractivity contribution in [2.24, 2.45) is 5.41 Å². The highest BCUT2D eigenvalue weighted by Crippen LogP contribution is 2.49. The van der Waals surface area contributed by atoms with Crippen LogP contribution in [0.15, 0.2) is 72.9 Å². The smallest absolute Gasteiger partial charge is 0.272 e. The summed E-state index contributed by atoms with van der Waals surface area (Å²) in [5.74, 6) is 2.08. The van der Waals surface area contributed by atoms with Gasteiger partial charge < -0.3 is 14.2 Å². The first-order valence-corrected chi connectivity index (χ1v) is 12.5. The Morgan fingerprint density at radius 3 is 1.92 bits per heavy atom. The van der Waals surface area contributed by atoms with E-state index in [0.717, 1.165) is 21.4 Å². The van der Waals surface area contributed by atoms with Crippen LogP contribution in [0.2, 0.25) is 0 Å². The predicted molar refractivity (Wildman–Crippen MR) is 141 cm³/mol. The second-order valence-electron chi connectivity index (χ2n) is 9.76.